The summed E-state index contributed by atoms with van der Waals surface area (Å²) < 4.78 is 0. The van der Waals surface area contributed by atoms with Crippen molar-refractivity contribution in [3.05, 3.63) is 11.9 Å². The molecule has 0 radical (unpaired) electrons. The smallest absolute Gasteiger partial charge is 0.172 e. The molecule has 3 aliphatic heterocycles. The van der Waals surface area contributed by atoms with Gasteiger partial charge in [0, 0.05) is 12.6 Å². The molecule has 0 spiro atoms. The van der Waals surface area contributed by atoms with Crippen LogP contribution in [0.2, 0.25) is 0 Å². The van der Waals surface area contributed by atoms with Crippen LogP contribution in [0.3, 0.4) is 0 Å². The van der Waals surface area contributed by atoms with Gasteiger partial charge in [-0.25, -0.2) is 10.4 Å². The number of hydrazone groups is 1. The Morgan fingerprint density at radius 1 is 1.46 bits per heavy atom. The summed E-state index contributed by atoms with van der Waals surface area (Å²) in [6.45, 7) is 2.40. The zero-order valence-corrected chi connectivity index (χ0v) is 7.04. The maximum absolute atomic E-state index is 4.38. The molecule has 0 bridgehead atoms. The van der Waals surface area contributed by atoms with Crippen LogP contribution in [0.1, 0.15) is 0 Å². The number of hydrogen-bond donors (Lipinski definition) is 3. The number of hydrazine groups is 1. The summed E-state index contributed by atoms with van der Waals surface area (Å²) in [5.74, 6) is 1.84. The lowest BCUT2D eigenvalue weighted by atomic mass is 10.2. The molecule has 3 rings (SSSR count). The molecule has 0 aromatic rings. The lowest BCUT2D eigenvalue weighted by Crippen LogP contribution is -2.41. The van der Waals surface area contributed by atoms with E-state index < -0.39 is 0 Å². The van der Waals surface area contributed by atoms with Crippen LogP contribution in [0.25, 0.3) is 0 Å². The Hall–Kier alpha value is -1.56. The Morgan fingerprint density at radius 3 is 3.46 bits per heavy atom. The average molecular weight is 178 g/mol. The van der Waals surface area contributed by atoms with Crippen molar-refractivity contribution in [1.29, 1.82) is 0 Å². The summed E-state index contributed by atoms with van der Waals surface area (Å²) in [5, 5.41) is 9.46. The van der Waals surface area contributed by atoms with E-state index in [-0.39, 0.29) is 0 Å². The highest BCUT2D eigenvalue weighted by atomic mass is 15.7. The first-order chi connectivity index (χ1) is 6.43. The molecular formula is C7H10N6. The molecule has 3 heterocycles. The second-order valence-electron chi connectivity index (χ2n) is 3.03. The summed E-state index contributed by atoms with van der Waals surface area (Å²) >= 11 is 0. The quantitative estimate of drug-likeness (QED) is 0.425. The molecule has 6 nitrogen and oxygen atoms in total. The van der Waals surface area contributed by atoms with Crippen molar-refractivity contribution in [2.24, 2.45) is 10.1 Å². The van der Waals surface area contributed by atoms with E-state index in [9.17, 15) is 0 Å². The largest absolute Gasteiger partial charge is 0.365 e. The van der Waals surface area contributed by atoms with Crippen LogP contribution < -0.4 is 16.2 Å². The number of rotatable bonds is 0. The standard InChI is InChI=1S/C7H10N6/c1-2-9-7-5(8-1)3-6-11-10-4-13(6)12-7/h3,10-11H,1-2,4H2,(H,9,12). The first-order valence-corrected chi connectivity index (χ1v) is 4.29. The van der Waals surface area contributed by atoms with Crippen molar-refractivity contribution in [3.8, 4) is 0 Å². The van der Waals surface area contributed by atoms with E-state index in [4.69, 9.17) is 0 Å². The van der Waals surface area contributed by atoms with Crippen molar-refractivity contribution in [2.45, 2.75) is 0 Å². The molecule has 0 unspecified atom stereocenters. The van der Waals surface area contributed by atoms with Crippen molar-refractivity contribution >= 4 is 11.5 Å². The summed E-state index contributed by atoms with van der Waals surface area (Å²) in [6, 6.07) is 0. The predicted molar refractivity (Wildman–Crippen MR) is 48.8 cm³/mol. The molecule has 3 N–H and O–H groups in total. The number of hydrogen-bond acceptors (Lipinski definition) is 6. The van der Waals surface area contributed by atoms with Gasteiger partial charge >= 0.3 is 0 Å². The first-order valence-electron chi connectivity index (χ1n) is 4.29. The average Bonchev–Trinajstić information content (AvgIpc) is 2.61. The van der Waals surface area contributed by atoms with E-state index in [2.05, 4.69) is 26.3 Å². The fourth-order valence-corrected chi connectivity index (χ4v) is 1.52. The van der Waals surface area contributed by atoms with Gasteiger partial charge in [0.2, 0.25) is 0 Å². The van der Waals surface area contributed by atoms with Gasteiger partial charge in [-0.2, -0.15) is 0 Å². The van der Waals surface area contributed by atoms with E-state index in [1.807, 2.05) is 11.1 Å². The van der Waals surface area contributed by atoms with Gasteiger partial charge < -0.3 is 10.7 Å². The maximum atomic E-state index is 4.38. The van der Waals surface area contributed by atoms with E-state index in [0.29, 0.717) is 6.67 Å². The van der Waals surface area contributed by atoms with Gasteiger partial charge in [0.25, 0.3) is 0 Å². The highest BCUT2D eigenvalue weighted by Crippen LogP contribution is 2.11. The molecule has 0 aliphatic carbocycles. The highest BCUT2D eigenvalue weighted by molar-refractivity contribution is 6.46. The molecule has 1 saturated heterocycles. The summed E-state index contributed by atoms with van der Waals surface area (Å²) in [5.41, 5.74) is 6.94. The van der Waals surface area contributed by atoms with E-state index in [1.165, 1.54) is 0 Å². The van der Waals surface area contributed by atoms with Crippen LogP contribution >= 0.6 is 0 Å². The molecular weight excluding hydrogens is 168 g/mol. The molecule has 13 heavy (non-hydrogen) atoms. The topological polar surface area (TPSA) is 64.0 Å². The van der Waals surface area contributed by atoms with Gasteiger partial charge in [-0.3, -0.25) is 4.99 Å². The Bertz CT molecular complexity index is 328. The monoisotopic (exact) mass is 178 g/mol. The summed E-state index contributed by atoms with van der Waals surface area (Å²) in [4.78, 5) is 4.36. The van der Waals surface area contributed by atoms with Gasteiger partial charge in [-0.1, -0.05) is 0 Å². The summed E-state index contributed by atoms with van der Waals surface area (Å²) in [6.07, 6.45) is 1.99. The SMILES string of the molecule is C1=C2NNCN2N=C2NCCN=C12. The number of aliphatic imine (C=N–C) groups is 1. The Balaban J connectivity index is 2.01. The van der Waals surface area contributed by atoms with E-state index in [0.717, 1.165) is 30.5 Å². The summed E-state index contributed by atoms with van der Waals surface area (Å²) in [7, 11) is 0. The normalized spacial score (nSPS) is 24.6. The van der Waals surface area contributed by atoms with Gasteiger partial charge in [0.1, 0.15) is 18.2 Å². The number of amidine groups is 1. The number of fused-ring (bicyclic) bond motifs is 2. The van der Waals surface area contributed by atoms with Gasteiger partial charge in [0.15, 0.2) is 5.84 Å². The first kappa shape index (κ1) is 6.90. The van der Waals surface area contributed by atoms with E-state index >= 15 is 0 Å². The predicted octanol–water partition coefficient (Wildman–Crippen LogP) is -1.43. The second-order valence-corrected chi connectivity index (χ2v) is 3.03. The second kappa shape index (κ2) is 2.46. The van der Waals surface area contributed by atoms with Crippen molar-refractivity contribution < 1.29 is 0 Å². The Morgan fingerprint density at radius 2 is 2.46 bits per heavy atom. The number of nitrogens with one attached hydrogen (secondary N) is 3. The molecule has 0 saturated carbocycles. The van der Waals surface area contributed by atoms with Crippen LogP contribution in [0.15, 0.2) is 22.0 Å². The van der Waals surface area contributed by atoms with Crippen molar-refractivity contribution in [2.75, 3.05) is 19.8 Å². The lowest BCUT2D eigenvalue weighted by Gasteiger charge is -2.22. The van der Waals surface area contributed by atoms with Crippen LogP contribution in [-0.4, -0.2) is 36.3 Å². The molecule has 0 aromatic carbocycles. The van der Waals surface area contributed by atoms with Crippen LogP contribution in [0.5, 0.6) is 0 Å². The fourth-order valence-electron chi connectivity index (χ4n) is 1.52. The minimum absolute atomic E-state index is 0.699. The lowest BCUT2D eigenvalue weighted by molar-refractivity contribution is 0.403. The minimum Gasteiger partial charge on any atom is -0.365 e. The van der Waals surface area contributed by atoms with Crippen LogP contribution in [0.4, 0.5) is 0 Å². The third kappa shape index (κ3) is 0.988. The van der Waals surface area contributed by atoms with Crippen LogP contribution in [0, 0.1) is 0 Å². The molecule has 68 valence electrons. The third-order valence-corrected chi connectivity index (χ3v) is 2.15. The van der Waals surface area contributed by atoms with Crippen molar-refractivity contribution in [3.63, 3.8) is 0 Å². The van der Waals surface area contributed by atoms with Crippen LogP contribution in [-0.2, 0) is 0 Å². The zero-order chi connectivity index (χ0) is 8.67. The van der Waals surface area contributed by atoms with E-state index in [1.54, 1.807) is 0 Å². The minimum atomic E-state index is 0.699. The van der Waals surface area contributed by atoms with Gasteiger partial charge in [-0.05, 0) is 0 Å². The van der Waals surface area contributed by atoms with Gasteiger partial charge in [-0.15, -0.1) is 5.10 Å². The zero-order valence-electron chi connectivity index (χ0n) is 7.04. The molecule has 3 aliphatic rings. The Kier molecular flexibility index (Phi) is 1.31. The molecule has 0 amide bonds. The number of nitrogens with zero attached hydrogens (tertiary/aromatic N) is 3. The Labute approximate surface area is 75.4 Å². The fraction of sp³-hybridized carbons (Fsp3) is 0.429. The molecule has 6 heteroatoms. The molecule has 0 aromatic heterocycles. The molecule has 1 fully saturated rings. The van der Waals surface area contributed by atoms with Crippen molar-refractivity contribution in [1.82, 2.24) is 21.2 Å². The highest BCUT2D eigenvalue weighted by Gasteiger charge is 2.24. The molecule has 0 atom stereocenters. The van der Waals surface area contributed by atoms with Gasteiger partial charge in [0.05, 0.1) is 6.54 Å². The maximum Gasteiger partial charge on any atom is 0.172 e. The third-order valence-electron chi connectivity index (χ3n) is 2.15.